The van der Waals surface area contributed by atoms with Crippen LogP contribution in [0.4, 0.5) is 4.39 Å². The smallest absolute Gasteiger partial charge is 0.329 e. The van der Waals surface area contributed by atoms with Gasteiger partial charge in [0.05, 0.1) is 11.0 Å². The third-order valence-electron chi connectivity index (χ3n) is 5.37. The van der Waals surface area contributed by atoms with Crippen LogP contribution >= 0.6 is 0 Å². The molecule has 27 heavy (non-hydrogen) atoms. The first-order valence-electron chi connectivity index (χ1n) is 9.25. The lowest BCUT2D eigenvalue weighted by Gasteiger charge is -2.24. The number of benzene rings is 1. The molecule has 0 radical (unpaired) electrons. The number of likely N-dealkylation sites (N-methyl/N-ethyl adjacent to an activating group) is 1. The summed E-state index contributed by atoms with van der Waals surface area (Å²) in [5.41, 5.74) is 1.48. The first-order valence-corrected chi connectivity index (χ1v) is 9.25. The predicted molar refractivity (Wildman–Crippen MR) is 100 cm³/mol. The second-order valence-electron chi connectivity index (χ2n) is 6.97. The van der Waals surface area contributed by atoms with Crippen molar-refractivity contribution in [3.63, 3.8) is 0 Å². The van der Waals surface area contributed by atoms with Crippen molar-refractivity contribution >= 4 is 23.2 Å². The van der Waals surface area contributed by atoms with E-state index in [0.717, 1.165) is 31.5 Å². The zero-order valence-corrected chi connectivity index (χ0v) is 15.6. The first kappa shape index (κ1) is 19.3. The number of nitrogens with one attached hydrogen (secondary N) is 2. The number of piperidine rings is 1. The van der Waals surface area contributed by atoms with Crippen LogP contribution in [0.2, 0.25) is 0 Å². The summed E-state index contributed by atoms with van der Waals surface area (Å²) in [7, 11) is 3.12. The molecule has 0 spiro atoms. The molecule has 1 aliphatic rings. The van der Waals surface area contributed by atoms with Crippen molar-refractivity contribution in [3.8, 4) is 0 Å². The first-order chi connectivity index (χ1) is 13.0. The van der Waals surface area contributed by atoms with Crippen LogP contribution in [0, 0.1) is 5.82 Å². The summed E-state index contributed by atoms with van der Waals surface area (Å²) in [6, 6.07) is 1.94. The monoisotopic (exact) mass is 376 g/mol. The zero-order valence-electron chi connectivity index (χ0n) is 15.6. The highest BCUT2D eigenvalue weighted by molar-refractivity contribution is 5.86. The Morgan fingerprint density at radius 3 is 2.74 bits per heavy atom. The molecule has 2 N–H and O–H groups in total. The van der Waals surface area contributed by atoms with Crippen LogP contribution in [0.5, 0.6) is 0 Å². The number of nitrogens with zero attached hydrogens (tertiary/aromatic N) is 2. The van der Waals surface area contributed by atoms with E-state index >= 15 is 0 Å². The number of rotatable bonds is 6. The molecular weight excluding hydrogens is 351 g/mol. The summed E-state index contributed by atoms with van der Waals surface area (Å²) in [5, 5.41) is 5.83. The quantitative estimate of drug-likeness (QED) is 0.743. The lowest BCUT2D eigenvalue weighted by Crippen LogP contribution is -2.36. The maximum atomic E-state index is 14.5. The SMILES string of the molecule is CNC(=O)C(CCC=O)n1c(=O)n(C)c2c(C3CCNCC3)cc(F)cc21. The third-order valence-corrected chi connectivity index (χ3v) is 5.37. The van der Waals surface area contributed by atoms with E-state index in [2.05, 4.69) is 10.6 Å². The lowest BCUT2D eigenvalue weighted by molar-refractivity contribution is -0.124. The highest BCUT2D eigenvalue weighted by Gasteiger charge is 2.28. The van der Waals surface area contributed by atoms with E-state index in [0.29, 0.717) is 17.3 Å². The van der Waals surface area contributed by atoms with Gasteiger partial charge < -0.3 is 15.4 Å². The predicted octanol–water partition coefficient (Wildman–Crippen LogP) is 1.21. The number of hydrogen-bond donors (Lipinski definition) is 2. The van der Waals surface area contributed by atoms with E-state index in [4.69, 9.17) is 0 Å². The summed E-state index contributed by atoms with van der Waals surface area (Å²) in [4.78, 5) is 36.2. The van der Waals surface area contributed by atoms with Crippen molar-refractivity contribution in [1.82, 2.24) is 19.8 Å². The van der Waals surface area contributed by atoms with Crippen LogP contribution in [0.25, 0.3) is 11.0 Å². The van der Waals surface area contributed by atoms with E-state index in [1.807, 2.05) is 0 Å². The molecule has 0 saturated carbocycles. The molecule has 1 amide bonds. The Hall–Kier alpha value is -2.48. The number of imidazole rings is 1. The number of amides is 1. The molecule has 1 fully saturated rings. The van der Waals surface area contributed by atoms with E-state index in [1.54, 1.807) is 7.05 Å². The Morgan fingerprint density at radius 1 is 1.41 bits per heavy atom. The van der Waals surface area contributed by atoms with E-state index < -0.39 is 11.9 Å². The van der Waals surface area contributed by atoms with Crippen molar-refractivity contribution in [2.75, 3.05) is 20.1 Å². The van der Waals surface area contributed by atoms with Crippen molar-refractivity contribution in [2.24, 2.45) is 7.05 Å². The Bertz CT molecular complexity index is 912. The Kier molecular flexibility index (Phi) is 5.74. The summed E-state index contributed by atoms with van der Waals surface area (Å²) in [6.45, 7) is 1.69. The molecule has 0 bridgehead atoms. The molecule has 1 saturated heterocycles. The van der Waals surface area contributed by atoms with Gasteiger partial charge in [0.25, 0.3) is 0 Å². The third kappa shape index (κ3) is 3.53. The number of carbonyl (C=O) groups is 2. The largest absolute Gasteiger partial charge is 0.357 e. The van der Waals surface area contributed by atoms with Gasteiger partial charge >= 0.3 is 5.69 Å². The average Bonchev–Trinajstić information content (AvgIpc) is 2.93. The van der Waals surface area contributed by atoms with Crippen molar-refractivity contribution in [3.05, 3.63) is 34.0 Å². The second kappa shape index (κ2) is 8.04. The molecule has 2 heterocycles. The summed E-state index contributed by atoms with van der Waals surface area (Å²) >= 11 is 0. The zero-order chi connectivity index (χ0) is 19.6. The molecule has 1 aromatic carbocycles. The lowest BCUT2D eigenvalue weighted by atomic mass is 9.89. The molecule has 0 aliphatic carbocycles. The van der Waals surface area contributed by atoms with Crippen LogP contribution in [-0.2, 0) is 16.6 Å². The van der Waals surface area contributed by atoms with Crippen LogP contribution in [0.1, 0.15) is 43.2 Å². The fraction of sp³-hybridized carbons (Fsp3) is 0.526. The van der Waals surface area contributed by atoms with Gasteiger partial charge in [0.1, 0.15) is 18.1 Å². The summed E-state index contributed by atoms with van der Waals surface area (Å²) in [6.07, 6.45) is 2.76. The summed E-state index contributed by atoms with van der Waals surface area (Å²) in [5.74, 6) is -0.653. The molecule has 1 unspecified atom stereocenters. The van der Waals surface area contributed by atoms with Gasteiger partial charge in [-0.1, -0.05) is 0 Å². The van der Waals surface area contributed by atoms with E-state index in [1.165, 1.54) is 28.3 Å². The van der Waals surface area contributed by atoms with Gasteiger partial charge in [-0.05, 0) is 56.0 Å². The molecule has 8 heteroatoms. The molecule has 146 valence electrons. The standard InChI is InChI=1S/C19H25FN4O3/c1-21-18(26)15(4-3-9-25)24-16-11-13(20)10-14(12-5-7-22-8-6-12)17(16)23(2)19(24)27/h9-12,15,22H,3-8H2,1-2H3,(H,21,26). The Labute approximate surface area is 156 Å². The van der Waals surface area contributed by atoms with Crippen LogP contribution < -0.4 is 16.3 Å². The number of aromatic nitrogens is 2. The van der Waals surface area contributed by atoms with Crippen LogP contribution in [0.15, 0.2) is 16.9 Å². The van der Waals surface area contributed by atoms with Gasteiger partial charge in [-0.15, -0.1) is 0 Å². The Morgan fingerprint density at radius 2 is 2.11 bits per heavy atom. The van der Waals surface area contributed by atoms with Crippen molar-refractivity contribution in [2.45, 2.75) is 37.6 Å². The van der Waals surface area contributed by atoms with Crippen LogP contribution in [-0.4, -0.2) is 41.5 Å². The minimum atomic E-state index is -0.862. The Balaban J connectivity index is 2.23. The van der Waals surface area contributed by atoms with E-state index in [-0.39, 0.29) is 30.4 Å². The van der Waals surface area contributed by atoms with Gasteiger partial charge in [0.15, 0.2) is 0 Å². The highest BCUT2D eigenvalue weighted by Crippen LogP contribution is 2.33. The molecule has 3 rings (SSSR count). The molecule has 2 aromatic rings. The normalized spacial score (nSPS) is 16.4. The molecule has 7 nitrogen and oxygen atoms in total. The van der Waals surface area contributed by atoms with Gasteiger partial charge in [0.2, 0.25) is 5.91 Å². The fourth-order valence-electron chi connectivity index (χ4n) is 4.03. The van der Waals surface area contributed by atoms with Gasteiger partial charge in [0, 0.05) is 20.5 Å². The highest BCUT2D eigenvalue weighted by atomic mass is 19.1. The maximum absolute atomic E-state index is 14.5. The number of fused-ring (bicyclic) bond motifs is 1. The van der Waals surface area contributed by atoms with Crippen molar-refractivity contribution < 1.29 is 14.0 Å². The number of aryl methyl sites for hydroxylation is 1. The van der Waals surface area contributed by atoms with Crippen LogP contribution in [0.3, 0.4) is 0 Å². The minimum Gasteiger partial charge on any atom is -0.357 e. The molecule has 1 aromatic heterocycles. The number of halogens is 1. The molecule has 1 atom stereocenters. The number of carbonyl (C=O) groups excluding carboxylic acids is 2. The van der Waals surface area contributed by atoms with Gasteiger partial charge in [-0.2, -0.15) is 0 Å². The average molecular weight is 376 g/mol. The minimum absolute atomic E-state index is 0.136. The van der Waals surface area contributed by atoms with Gasteiger partial charge in [-0.25, -0.2) is 9.18 Å². The summed E-state index contributed by atoms with van der Waals surface area (Å²) < 4.78 is 17.3. The molecule has 1 aliphatic heterocycles. The maximum Gasteiger partial charge on any atom is 0.329 e. The fourth-order valence-corrected chi connectivity index (χ4v) is 4.03. The molecular formula is C19H25FN4O3. The van der Waals surface area contributed by atoms with E-state index in [9.17, 15) is 18.8 Å². The van der Waals surface area contributed by atoms with Gasteiger partial charge in [-0.3, -0.25) is 13.9 Å². The number of hydrogen-bond acceptors (Lipinski definition) is 4. The topological polar surface area (TPSA) is 85.1 Å². The second-order valence-corrected chi connectivity index (χ2v) is 6.97. The number of aldehydes is 1. The van der Waals surface area contributed by atoms with Crippen molar-refractivity contribution in [1.29, 1.82) is 0 Å².